The molecule has 0 saturated carbocycles. The summed E-state index contributed by atoms with van der Waals surface area (Å²) in [5.41, 5.74) is 1.79. The van der Waals surface area contributed by atoms with Gasteiger partial charge in [0.05, 0.1) is 5.69 Å². The zero-order chi connectivity index (χ0) is 10.5. The average Bonchev–Trinajstić information content (AvgIpc) is 2.32. The molecule has 0 spiro atoms. The van der Waals surface area contributed by atoms with Crippen LogP contribution in [0.15, 0.2) is 42.9 Å². The number of rotatable bonds is 3. The van der Waals surface area contributed by atoms with Gasteiger partial charge in [-0.25, -0.2) is 9.97 Å². The highest BCUT2D eigenvalue weighted by atomic mass is 16.5. The molecular weight excluding hydrogens is 192 g/mol. The van der Waals surface area contributed by atoms with E-state index in [2.05, 4.69) is 14.7 Å². The predicted molar refractivity (Wildman–Crippen MR) is 54.2 cm³/mol. The van der Waals surface area contributed by atoms with Crippen LogP contribution in [0.4, 0.5) is 0 Å². The summed E-state index contributed by atoms with van der Waals surface area (Å²) in [6.07, 6.45) is 3.17. The predicted octanol–water partition coefficient (Wildman–Crippen LogP) is 1.68. The second kappa shape index (κ2) is 4.32. The van der Waals surface area contributed by atoms with Gasteiger partial charge in [0.25, 0.3) is 6.47 Å². The lowest BCUT2D eigenvalue weighted by Gasteiger charge is -2.01. The Morgan fingerprint density at radius 2 is 1.93 bits per heavy atom. The van der Waals surface area contributed by atoms with Crippen molar-refractivity contribution in [1.82, 2.24) is 9.97 Å². The fourth-order valence-corrected chi connectivity index (χ4v) is 1.22. The fourth-order valence-electron chi connectivity index (χ4n) is 1.22. The Balaban J connectivity index is 2.28. The van der Waals surface area contributed by atoms with Crippen LogP contribution in [0.3, 0.4) is 0 Å². The van der Waals surface area contributed by atoms with E-state index in [4.69, 9.17) is 0 Å². The van der Waals surface area contributed by atoms with Crippen molar-refractivity contribution in [3.63, 3.8) is 0 Å². The summed E-state index contributed by atoms with van der Waals surface area (Å²) in [6, 6.07) is 8.91. The Labute approximate surface area is 86.6 Å². The van der Waals surface area contributed by atoms with E-state index < -0.39 is 0 Å². The first-order valence-corrected chi connectivity index (χ1v) is 4.37. The maximum atomic E-state index is 10.1. The molecule has 1 aromatic heterocycles. The highest BCUT2D eigenvalue weighted by Crippen LogP contribution is 2.19. The first kappa shape index (κ1) is 9.33. The maximum absolute atomic E-state index is 10.1. The molecule has 0 bridgehead atoms. The summed E-state index contributed by atoms with van der Waals surface area (Å²) in [5, 5.41) is 0. The van der Waals surface area contributed by atoms with Crippen LogP contribution in [0.5, 0.6) is 5.75 Å². The van der Waals surface area contributed by atoms with Crippen molar-refractivity contribution in [2.45, 2.75) is 0 Å². The molecule has 0 aliphatic rings. The number of benzene rings is 1. The Morgan fingerprint density at radius 3 is 2.53 bits per heavy atom. The summed E-state index contributed by atoms with van der Waals surface area (Å²) >= 11 is 0. The largest absolute Gasteiger partial charge is 0.429 e. The first-order valence-electron chi connectivity index (χ1n) is 4.37. The lowest BCUT2D eigenvalue weighted by molar-refractivity contribution is -0.120. The third kappa shape index (κ3) is 2.17. The lowest BCUT2D eigenvalue weighted by atomic mass is 10.1. The van der Waals surface area contributed by atoms with Crippen LogP contribution in [-0.2, 0) is 4.79 Å². The molecule has 74 valence electrons. The molecule has 0 atom stereocenters. The molecule has 0 saturated heterocycles. The molecule has 0 fully saturated rings. The number of carbonyl (C=O) groups is 1. The monoisotopic (exact) mass is 200 g/mol. The SMILES string of the molecule is O=COc1ccc(-c2ccncn2)cc1. The van der Waals surface area contributed by atoms with Gasteiger partial charge in [0.2, 0.25) is 0 Å². The number of aromatic nitrogens is 2. The number of carbonyl (C=O) groups excluding carboxylic acids is 1. The normalized spacial score (nSPS) is 9.60. The van der Waals surface area contributed by atoms with E-state index in [9.17, 15) is 4.79 Å². The van der Waals surface area contributed by atoms with Crippen molar-refractivity contribution in [2.75, 3.05) is 0 Å². The van der Waals surface area contributed by atoms with E-state index >= 15 is 0 Å². The van der Waals surface area contributed by atoms with Gasteiger partial charge in [0.15, 0.2) is 0 Å². The molecule has 1 aromatic carbocycles. The van der Waals surface area contributed by atoms with Gasteiger partial charge in [-0.15, -0.1) is 0 Å². The Kier molecular flexibility index (Phi) is 2.69. The summed E-state index contributed by atoms with van der Waals surface area (Å²) < 4.78 is 4.68. The molecule has 0 radical (unpaired) electrons. The van der Waals surface area contributed by atoms with Gasteiger partial charge in [-0.3, -0.25) is 4.79 Å². The fraction of sp³-hybridized carbons (Fsp3) is 0. The molecule has 4 nitrogen and oxygen atoms in total. The van der Waals surface area contributed by atoms with Crippen LogP contribution in [0.2, 0.25) is 0 Å². The van der Waals surface area contributed by atoms with Crippen LogP contribution in [0, 0.1) is 0 Å². The number of hydrogen-bond donors (Lipinski definition) is 0. The number of ether oxygens (including phenoxy) is 1. The van der Waals surface area contributed by atoms with E-state index in [1.165, 1.54) is 6.33 Å². The van der Waals surface area contributed by atoms with Crippen LogP contribution < -0.4 is 4.74 Å². The third-order valence-electron chi connectivity index (χ3n) is 1.92. The van der Waals surface area contributed by atoms with E-state index in [0.29, 0.717) is 12.2 Å². The molecule has 0 unspecified atom stereocenters. The van der Waals surface area contributed by atoms with E-state index in [-0.39, 0.29) is 0 Å². The molecule has 0 N–H and O–H groups in total. The smallest absolute Gasteiger partial charge is 0.298 e. The minimum atomic E-state index is 0.402. The molecule has 0 aliphatic carbocycles. The summed E-state index contributed by atoms with van der Waals surface area (Å²) in [6.45, 7) is 0.402. The standard InChI is InChI=1S/C11H8N2O2/c14-8-15-10-3-1-9(2-4-10)11-5-6-12-7-13-11/h1-8H. The Morgan fingerprint density at radius 1 is 1.13 bits per heavy atom. The van der Waals surface area contributed by atoms with Crippen LogP contribution >= 0.6 is 0 Å². The van der Waals surface area contributed by atoms with Gasteiger partial charge < -0.3 is 4.74 Å². The Hall–Kier alpha value is -2.23. The minimum Gasteiger partial charge on any atom is -0.429 e. The van der Waals surface area contributed by atoms with E-state index in [0.717, 1.165) is 11.3 Å². The van der Waals surface area contributed by atoms with Crippen molar-refractivity contribution in [3.8, 4) is 17.0 Å². The zero-order valence-electron chi connectivity index (χ0n) is 7.83. The molecule has 15 heavy (non-hydrogen) atoms. The summed E-state index contributed by atoms with van der Waals surface area (Å²) in [7, 11) is 0. The molecule has 4 heteroatoms. The van der Waals surface area contributed by atoms with Crippen LogP contribution in [-0.4, -0.2) is 16.4 Å². The highest BCUT2D eigenvalue weighted by Gasteiger charge is 1.98. The van der Waals surface area contributed by atoms with Crippen LogP contribution in [0.25, 0.3) is 11.3 Å². The molecule has 2 rings (SSSR count). The van der Waals surface area contributed by atoms with Gasteiger partial charge in [-0.2, -0.15) is 0 Å². The summed E-state index contributed by atoms with van der Waals surface area (Å²) in [5.74, 6) is 0.516. The molecular formula is C11H8N2O2. The van der Waals surface area contributed by atoms with Gasteiger partial charge in [-0.05, 0) is 30.3 Å². The van der Waals surface area contributed by atoms with Crippen molar-refractivity contribution in [2.24, 2.45) is 0 Å². The first-order chi connectivity index (χ1) is 7.40. The second-order valence-corrected chi connectivity index (χ2v) is 2.83. The number of hydrogen-bond acceptors (Lipinski definition) is 4. The maximum Gasteiger partial charge on any atom is 0.298 e. The second-order valence-electron chi connectivity index (χ2n) is 2.83. The lowest BCUT2D eigenvalue weighted by Crippen LogP contribution is -1.88. The van der Waals surface area contributed by atoms with Crippen molar-refractivity contribution < 1.29 is 9.53 Å². The van der Waals surface area contributed by atoms with Gasteiger partial charge in [-0.1, -0.05) is 0 Å². The number of nitrogens with zero attached hydrogens (tertiary/aromatic N) is 2. The van der Waals surface area contributed by atoms with Gasteiger partial charge >= 0.3 is 0 Å². The third-order valence-corrected chi connectivity index (χ3v) is 1.92. The molecule has 0 amide bonds. The topological polar surface area (TPSA) is 52.1 Å². The average molecular weight is 200 g/mol. The van der Waals surface area contributed by atoms with Gasteiger partial charge in [0.1, 0.15) is 12.1 Å². The van der Waals surface area contributed by atoms with Crippen LogP contribution in [0.1, 0.15) is 0 Å². The molecule has 1 heterocycles. The van der Waals surface area contributed by atoms with Crippen molar-refractivity contribution >= 4 is 6.47 Å². The molecule has 0 aliphatic heterocycles. The quantitative estimate of drug-likeness (QED) is 0.707. The van der Waals surface area contributed by atoms with E-state index in [1.54, 1.807) is 18.3 Å². The molecule has 2 aromatic rings. The highest BCUT2D eigenvalue weighted by molar-refractivity contribution is 5.60. The Bertz CT molecular complexity index is 440. The summed E-state index contributed by atoms with van der Waals surface area (Å²) in [4.78, 5) is 18.0. The minimum absolute atomic E-state index is 0.402. The van der Waals surface area contributed by atoms with E-state index in [1.807, 2.05) is 18.2 Å². The van der Waals surface area contributed by atoms with Gasteiger partial charge in [0, 0.05) is 11.8 Å². The van der Waals surface area contributed by atoms with Crippen molar-refractivity contribution in [1.29, 1.82) is 0 Å². The van der Waals surface area contributed by atoms with Crippen molar-refractivity contribution in [3.05, 3.63) is 42.9 Å². The zero-order valence-corrected chi connectivity index (χ0v) is 7.83.